The van der Waals surface area contributed by atoms with E-state index in [-0.39, 0.29) is 0 Å². The predicted octanol–water partition coefficient (Wildman–Crippen LogP) is 4.48. The molecule has 1 aromatic carbocycles. The summed E-state index contributed by atoms with van der Waals surface area (Å²) in [4.78, 5) is 8.52. The van der Waals surface area contributed by atoms with E-state index in [4.69, 9.17) is 11.6 Å². The van der Waals surface area contributed by atoms with Crippen molar-refractivity contribution in [3.63, 3.8) is 0 Å². The summed E-state index contributed by atoms with van der Waals surface area (Å²) < 4.78 is 0. The first-order chi connectivity index (χ1) is 9.47. The van der Waals surface area contributed by atoms with Crippen molar-refractivity contribution in [2.75, 3.05) is 5.32 Å². The van der Waals surface area contributed by atoms with Gasteiger partial charge in [-0.3, -0.25) is 0 Å². The Labute approximate surface area is 125 Å². The van der Waals surface area contributed by atoms with Crippen molar-refractivity contribution in [3.8, 4) is 0 Å². The van der Waals surface area contributed by atoms with Gasteiger partial charge in [0, 0.05) is 12.1 Å². The molecule has 4 heteroatoms. The number of nitrogens with zero attached hydrogens (tertiary/aromatic N) is 2. The van der Waals surface area contributed by atoms with Crippen LogP contribution in [0.3, 0.4) is 0 Å². The SMILES string of the molecule is Cc1nc(Cl)c(C)c(NCc2ccc(C(C)C)cc2)n1. The molecule has 0 amide bonds. The van der Waals surface area contributed by atoms with E-state index in [1.165, 1.54) is 11.1 Å². The van der Waals surface area contributed by atoms with E-state index in [1.54, 1.807) is 0 Å². The number of halogens is 1. The molecule has 3 nitrogen and oxygen atoms in total. The Bertz CT molecular complexity index is 591. The zero-order valence-corrected chi connectivity index (χ0v) is 13.1. The second kappa shape index (κ2) is 6.23. The third-order valence-corrected chi connectivity index (χ3v) is 3.67. The lowest BCUT2D eigenvalue weighted by Crippen LogP contribution is -2.06. The van der Waals surface area contributed by atoms with Gasteiger partial charge in [-0.15, -0.1) is 0 Å². The molecule has 0 fully saturated rings. The molecule has 0 atom stereocenters. The van der Waals surface area contributed by atoms with Crippen molar-refractivity contribution in [3.05, 3.63) is 51.9 Å². The van der Waals surface area contributed by atoms with Crippen LogP contribution in [0.4, 0.5) is 5.82 Å². The van der Waals surface area contributed by atoms with E-state index in [1.807, 2.05) is 13.8 Å². The first-order valence-electron chi connectivity index (χ1n) is 6.81. The average molecular weight is 290 g/mol. The van der Waals surface area contributed by atoms with Crippen molar-refractivity contribution >= 4 is 17.4 Å². The Morgan fingerprint density at radius 1 is 1.10 bits per heavy atom. The molecule has 0 saturated heterocycles. The number of aromatic nitrogens is 2. The van der Waals surface area contributed by atoms with Gasteiger partial charge in [-0.2, -0.15) is 0 Å². The van der Waals surface area contributed by atoms with Crippen LogP contribution >= 0.6 is 11.6 Å². The Morgan fingerprint density at radius 2 is 1.75 bits per heavy atom. The molecule has 1 aromatic heterocycles. The first-order valence-corrected chi connectivity index (χ1v) is 7.18. The second-order valence-corrected chi connectivity index (χ2v) is 5.64. The Balaban J connectivity index is 2.09. The monoisotopic (exact) mass is 289 g/mol. The summed E-state index contributed by atoms with van der Waals surface area (Å²) in [5.74, 6) is 2.04. The molecule has 2 aromatic rings. The molecular formula is C16H20ClN3. The van der Waals surface area contributed by atoms with E-state index in [0.29, 0.717) is 16.9 Å². The summed E-state index contributed by atoms with van der Waals surface area (Å²) >= 11 is 6.07. The summed E-state index contributed by atoms with van der Waals surface area (Å²) in [7, 11) is 0. The Morgan fingerprint density at radius 3 is 2.35 bits per heavy atom. The fourth-order valence-corrected chi connectivity index (χ4v) is 2.18. The molecule has 0 radical (unpaired) electrons. The minimum atomic E-state index is 0.509. The predicted molar refractivity (Wildman–Crippen MR) is 84.4 cm³/mol. The summed E-state index contributed by atoms with van der Waals surface area (Å²) in [6.45, 7) is 8.89. The molecule has 0 bridgehead atoms. The highest BCUT2D eigenvalue weighted by Crippen LogP contribution is 2.20. The average Bonchev–Trinajstić information content (AvgIpc) is 2.41. The molecule has 0 saturated carbocycles. The van der Waals surface area contributed by atoms with E-state index in [2.05, 4.69) is 53.4 Å². The molecule has 106 valence electrons. The number of nitrogens with one attached hydrogen (secondary N) is 1. The third kappa shape index (κ3) is 3.48. The highest BCUT2D eigenvalue weighted by atomic mass is 35.5. The highest BCUT2D eigenvalue weighted by molar-refractivity contribution is 6.30. The molecule has 0 aliphatic heterocycles. The molecule has 0 aliphatic rings. The van der Waals surface area contributed by atoms with Gasteiger partial charge >= 0.3 is 0 Å². The van der Waals surface area contributed by atoms with E-state index >= 15 is 0 Å². The van der Waals surface area contributed by atoms with E-state index < -0.39 is 0 Å². The highest BCUT2D eigenvalue weighted by Gasteiger charge is 2.07. The van der Waals surface area contributed by atoms with Crippen molar-refractivity contribution in [1.82, 2.24) is 9.97 Å². The topological polar surface area (TPSA) is 37.8 Å². The van der Waals surface area contributed by atoms with Crippen LogP contribution in [0.2, 0.25) is 5.15 Å². The second-order valence-electron chi connectivity index (χ2n) is 5.29. The largest absolute Gasteiger partial charge is 0.366 e. The van der Waals surface area contributed by atoms with Gasteiger partial charge < -0.3 is 5.32 Å². The van der Waals surface area contributed by atoms with Crippen LogP contribution < -0.4 is 5.32 Å². The lowest BCUT2D eigenvalue weighted by atomic mass is 10.0. The third-order valence-electron chi connectivity index (χ3n) is 3.30. The fourth-order valence-electron chi connectivity index (χ4n) is 1.97. The maximum atomic E-state index is 6.07. The Hall–Kier alpha value is -1.61. The lowest BCUT2D eigenvalue weighted by molar-refractivity contribution is 0.865. The van der Waals surface area contributed by atoms with Crippen LogP contribution in [0.15, 0.2) is 24.3 Å². The van der Waals surface area contributed by atoms with Crippen LogP contribution in [-0.2, 0) is 6.54 Å². The molecule has 1 N–H and O–H groups in total. The molecule has 2 rings (SSSR count). The Kier molecular flexibility index (Phi) is 4.61. The van der Waals surface area contributed by atoms with Gasteiger partial charge in [-0.05, 0) is 30.9 Å². The van der Waals surface area contributed by atoms with Crippen LogP contribution in [0.5, 0.6) is 0 Å². The van der Waals surface area contributed by atoms with Crippen LogP contribution in [0.25, 0.3) is 0 Å². The van der Waals surface area contributed by atoms with Gasteiger partial charge in [-0.25, -0.2) is 9.97 Å². The van der Waals surface area contributed by atoms with Gasteiger partial charge in [0.25, 0.3) is 0 Å². The number of aryl methyl sites for hydroxylation is 1. The lowest BCUT2D eigenvalue weighted by Gasteiger charge is -2.11. The molecule has 1 heterocycles. The zero-order valence-electron chi connectivity index (χ0n) is 12.4. The smallest absolute Gasteiger partial charge is 0.137 e. The maximum Gasteiger partial charge on any atom is 0.137 e. The molecule has 20 heavy (non-hydrogen) atoms. The molecular weight excluding hydrogens is 270 g/mol. The van der Waals surface area contributed by atoms with Gasteiger partial charge in [-0.1, -0.05) is 49.7 Å². The van der Waals surface area contributed by atoms with Gasteiger partial charge in [0.1, 0.15) is 16.8 Å². The summed E-state index contributed by atoms with van der Waals surface area (Å²) in [5, 5.41) is 3.83. The van der Waals surface area contributed by atoms with Gasteiger partial charge in [0.2, 0.25) is 0 Å². The van der Waals surface area contributed by atoms with Crippen molar-refractivity contribution in [1.29, 1.82) is 0 Å². The fraction of sp³-hybridized carbons (Fsp3) is 0.375. The summed E-state index contributed by atoms with van der Waals surface area (Å²) in [6, 6.07) is 8.64. The van der Waals surface area contributed by atoms with Gasteiger partial charge in [0.15, 0.2) is 0 Å². The van der Waals surface area contributed by atoms with E-state index in [9.17, 15) is 0 Å². The first kappa shape index (κ1) is 14.8. The van der Waals surface area contributed by atoms with Crippen LogP contribution in [0.1, 0.15) is 42.3 Å². The quantitative estimate of drug-likeness (QED) is 0.843. The molecule has 0 unspecified atom stereocenters. The normalized spacial score (nSPS) is 10.9. The zero-order chi connectivity index (χ0) is 14.7. The minimum absolute atomic E-state index is 0.509. The number of benzene rings is 1. The standard InChI is InChI=1S/C16H20ClN3/c1-10(2)14-7-5-13(6-8-14)9-18-16-11(3)15(17)19-12(4)20-16/h5-8,10H,9H2,1-4H3,(H,18,19,20). The van der Waals surface area contributed by atoms with Crippen LogP contribution in [0, 0.1) is 13.8 Å². The minimum Gasteiger partial charge on any atom is -0.366 e. The molecule has 0 spiro atoms. The summed E-state index contributed by atoms with van der Waals surface area (Å²) in [6.07, 6.45) is 0. The van der Waals surface area contributed by atoms with Crippen molar-refractivity contribution < 1.29 is 0 Å². The number of hydrogen-bond donors (Lipinski definition) is 1. The number of anilines is 1. The van der Waals surface area contributed by atoms with E-state index in [0.717, 1.165) is 17.9 Å². The summed E-state index contributed by atoms with van der Waals surface area (Å²) in [5.41, 5.74) is 3.46. The number of rotatable bonds is 4. The molecule has 0 aliphatic carbocycles. The maximum absolute atomic E-state index is 6.07. The number of hydrogen-bond acceptors (Lipinski definition) is 3. The van der Waals surface area contributed by atoms with Crippen molar-refractivity contribution in [2.24, 2.45) is 0 Å². The van der Waals surface area contributed by atoms with Crippen molar-refractivity contribution in [2.45, 2.75) is 40.2 Å². The van der Waals surface area contributed by atoms with Gasteiger partial charge in [0.05, 0.1) is 0 Å². The van der Waals surface area contributed by atoms with Crippen LogP contribution in [-0.4, -0.2) is 9.97 Å².